The van der Waals surface area contributed by atoms with Crippen LogP contribution in [-0.4, -0.2) is 55.5 Å². The van der Waals surface area contributed by atoms with Gasteiger partial charge in [-0.1, -0.05) is 89.8 Å². The molecule has 0 atom stereocenters. The number of amides is 2. The molecule has 2 rings (SSSR count). The third-order valence-corrected chi connectivity index (χ3v) is 6.89. The molecule has 0 spiro atoms. The van der Waals surface area contributed by atoms with E-state index in [2.05, 4.69) is 33.0 Å². The van der Waals surface area contributed by atoms with E-state index in [-0.39, 0.29) is 0 Å². The number of carbonyl (C=O) groups is 1. The molecular weight excluding hydrogens is 474 g/mol. The number of nitrogens with one attached hydrogen (secondary N) is 2. The van der Waals surface area contributed by atoms with Crippen LogP contribution in [0.5, 0.6) is 0 Å². The van der Waals surface area contributed by atoms with Crippen LogP contribution in [0, 0.1) is 0 Å². The van der Waals surface area contributed by atoms with Gasteiger partial charge in [-0.3, -0.25) is 0 Å². The molecule has 2 N–H and O–H groups in total. The predicted molar refractivity (Wildman–Crippen MR) is 150 cm³/mol. The van der Waals surface area contributed by atoms with Crippen LogP contribution in [0.4, 0.5) is 10.5 Å². The number of carbonyl (C=O) groups excluding carboxylic acids is 1. The van der Waals surface area contributed by atoms with Crippen LogP contribution in [0.1, 0.15) is 79.1 Å². The molecule has 7 nitrogen and oxygen atoms in total. The van der Waals surface area contributed by atoms with Crippen molar-refractivity contribution in [1.82, 2.24) is 5.32 Å². The Hall–Kier alpha value is -2.16. The first-order valence-electron chi connectivity index (χ1n) is 13.5. The Bertz CT molecular complexity index is 952. The highest BCUT2D eigenvalue weighted by molar-refractivity contribution is 7.85. The first kappa shape index (κ1) is 31.9. The molecule has 0 aliphatic heterocycles. The molecule has 0 aromatic heterocycles. The lowest BCUT2D eigenvalue weighted by Crippen LogP contribution is -2.50. The van der Waals surface area contributed by atoms with Gasteiger partial charge >= 0.3 is 6.03 Å². The molecule has 0 aliphatic carbocycles. The molecule has 2 aromatic rings. The summed E-state index contributed by atoms with van der Waals surface area (Å²) < 4.78 is 32.6. The number of nitrogens with zero attached hydrogens (tertiary/aromatic N) is 1. The Labute approximate surface area is 219 Å². The molecule has 8 heteroatoms. The summed E-state index contributed by atoms with van der Waals surface area (Å²) >= 11 is 0. The molecule has 0 saturated heterocycles. The van der Waals surface area contributed by atoms with Crippen LogP contribution in [0.3, 0.4) is 0 Å². The summed E-state index contributed by atoms with van der Waals surface area (Å²) in [5, 5.41) is 6.26. The van der Waals surface area contributed by atoms with Crippen LogP contribution in [0.2, 0.25) is 0 Å². The fourth-order valence-corrected chi connectivity index (χ4v) is 4.61. The Morgan fingerprint density at radius 1 is 0.778 bits per heavy atom. The third-order valence-electron chi connectivity index (χ3n) is 6.39. The van der Waals surface area contributed by atoms with E-state index in [4.69, 9.17) is 0 Å². The first-order valence-corrected chi connectivity index (χ1v) is 15.1. The Balaban J connectivity index is 0.000000363. The standard InChI is InChI=1S/C16H36N.C12H12N2O4S/c1-5-9-13-17(14-10-6-2,15-11-7-3)16-12-8-4;15-12(13-8-19(16,17)18)14-11-7-3-5-9-4-1-2-6-10(9)11/h5-16H2,1-4H3;1-7H,8H2,(H2,13,14,15)(H,16,17,18)/q+1;/p-1. The summed E-state index contributed by atoms with van der Waals surface area (Å²) in [6, 6.07) is 12.0. The number of hydrogen-bond acceptors (Lipinski definition) is 4. The number of hydrogen-bond donors (Lipinski definition) is 2. The molecule has 0 aliphatic rings. The van der Waals surface area contributed by atoms with Gasteiger partial charge in [0.15, 0.2) is 0 Å². The molecular formula is C28H47N3O4S. The minimum absolute atomic E-state index is 0.541. The second-order valence-corrected chi connectivity index (χ2v) is 10.9. The van der Waals surface area contributed by atoms with Crippen LogP contribution < -0.4 is 10.6 Å². The second kappa shape index (κ2) is 17.3. The van der Waals surface area contributed by atoms with Crippen LogP contribution in [0.25, 0.3) is 10.8 Å². The number of fused-ring (bicyclic) bond motifs is 1. The van der Waals surface area contributed by atoms with E-state index in [9.17, 15) is 17.8 Å². The van der Waals surface area contributed by atoms with Crippen molar-refractivity contribution in [3.63, 3.8) is 0 Å². The van der Waals surface area contributed by atoms with Gasteiger partial charge in [0.05, 0.1) is 31.9 Å². The van der Waals surface area contributed by atoms with Gasteiger partial charge in [0.25, 0.3) is 0 Å². The van der Waals surface area contributed by atoms with Gasteiger partial charge in [0.2, 0.25) is 0 Å². The summed E-state index contributed by atoms with van der Waals surface area (Å²) in [6.07, 6.45) is 11.1. The summed E-state index contributed by atoms with van der Waals surface area (Å²) in [5.74, 6) is -0.941. The minimum Gasteiger partial charge on any atom is -0.747 e. The zero-order chi connectivity index (χ0) is 26.9. The smallest absolute Gasteiger partial charge is 0.320 e. The number of urea groups is 1. The van der Waals surface area contributed by atoms with Crippen LogP contribution in [0.15, 0.2) is 42.5 Å². The summed E-state index contributed by atoms with van der Waals surface area (Å²) in [6.45, 7) is 15.0. The Morgan fingerprint density at radius 3 is 1.72 bits per heavy atom. The second-order valence-electron chi connectivity index (χ2n) is 9.51. The molecule has 2 amide bonds. The normalized spacial score (nSPS) is 11.6. The van der Waals surface area contributed by atoms with Gasteiger partial charge in [0.1, 0.15) is 16.0 Å². The van der Waals surface area contributed by atoms with Crippen molar-refractivity contribution in [3.8, 4) is 0 Å². The van der Waals surface area contributed by atoms with Crippen molar-refractivity contribution in [2.75, 3.05) is 37.4 Å². The fourth-order valence-electron chi connectivity index (χ4n) is 4.30. The van der Waals surface area contributed by atoms with Gasteiger partial charge in [0, 0.05) is 5.39 Å². The number of benzene rings is 2. The average molecular weight is 522 g/mol. The highest BCUT2D eigenvalue weighted by Crippen LogP contribution is 2.22. The first-order chi connectivity index (χ1) is 17.2. The van der Waals surface area contributed by atoms with Crippen molar-refractivity contribution in [2.45, 2.75) is 79.1 Å². The number of rotatable bonds is 15. The van der Waals surface area contributed by atoms with Gasteiger partial charge in [-0.15, -0.1) is 0 Å². The van der Waals surface area contributed by atoms with E-state index in [1.807, 2.05) is 35.6 Å². The third kappa shape index (κ3) is 12.7. The zero-order valence-electron chi connectivity index (χ0n) is 22.7. The number of quaternary nitrogens is 1. The monoisotopic (exact) mass is 521 g/mol. The average Bonchev–Trinajstić information content (AvgIpc) is 2.87. The zero-order valence-corrected chi connectivity index (χ0v) is 23.5. The maximum Gasteiger partial charge on any atom is 0.320 e. The molecule has 0 saturated carbocycles. The maximum atomic E-state index is 11.5. The highest BCUT2D eigenvalue weighted by Gasteiger charge is 2.24. The molecule has 0 bridgehead atoms. The van der Waals surface area contributed by atoms with Crippen LogP contribution >= 0.6 is 0 Å². The van der Waals surface area contributed by atoms with E-state index in [0.29, 0.717) is 5.69 Å². The lowest BCUT2D eigenvalue weighted by atomic mass is 10.1. The Morgan fingerprint density at radius 2 is 1.25 bits per heavy atom. The van der Waals surface area contributed by atoms with Crippen molar-refractivity contribution in [3.05, 3.63) is 42.5 Å². The van der Waals surface area contributed by atoms with Crippen molar-refractivity contribution >= 4 is 32.6 Å². The van der Waals surface area contributed by atoms with E-state index in [1.54, 1.807) is 12.1 Å². The van der Waals surface area contributed by atoms with Gasteiger partial charge in [-0.25, -0.2) is 13.2 Å². The molecule has 0 radical (unpaired) electrons. The molecule has 2 aromatic carbocycles. The summed E-state index contributed by atoms with van der Waals surface area (Å²) in [4.78, 5) is 11.5. The van der Waals surface area contributed by atoms with Crippen molar-refractivity contribution in [2.24, 2.45) is 0 Å². The number of unbranched alkanes of at least 4 members (excludes halogenated alkanes) is 4. The molecule has 0 heterocycles. The van der Waals surface area contributed by atoms with Gasteiger partial charge in [-0.2, -0.15) is 0 Å². The predicted octanol–water partition coefficient (Wildman–Crippen LogP) is 6.47. The van der Waals surface area contributed by atoms with E-state index >= 15 is 0 Å². The summed E-state index contributed by atoms with van der Waals surface area (Å²) in [5.41, 5.74) is 0.541. The lowest BCUT2D eigenvalue weighted by molar-refractivity contribution is -0.929. The topological polar surface area (TPSA) is 98.3 Å². The SMILES string of the molecule is CCCC[N+](CCCC)(CCCC)CCCC.O=C(NCS(=O)(=O)[O-])Nc1cccc2ccccc12. The van der Waals surface area contributed by atoms with Gasteiger partial charge in [-0.05, 0) is 37.1 Å². The fraction of sp³-hybridized carbons (Fsp3) is 0.607. The number of anilines is 1. The van der Waals surface area contributed by atoms with Crippen molar-refractivity contribution < 1.29 is 22.2 Å². The quantitative estimate of drug-likeness (QED) is 0.207. The molecule has 36 heavy (non-hydrogen) atoms. The maximum absolute atomic E-state index is 11.5. The lowest BCUT2D eigenvalue weighted by Gasteiger charge is -2.39. The Kier molecular flexibility index (Phi) is 15.3. The molecule has 0 fully saturated rings. The minimum atomic E-state index is -4.48. The van der Waals surface area contributed by atoms with Crippen LogP contribution in [-0.2, 0) is 10.1 Å². The van der Waals surface area contributed by atoms with Gasteiger partial charge < -0.3 is 19.7 Å². The largest absolute Gasteiger partial charge is 0.747 e. The summed E-state index contributed by atoms with van der Waals surface area (Å²) in [7, 11) is -4.48. The molecule has 204 valence electrons. The molecule has 0 unspecified atom stereocenters. The highest BCUT2D eigenvalue weighted by atomic mass is 32.2. The van der Waals surface area contributed by atoms with E-state index in [0.717, 1.165) is 10.8 Å². The van der Waals surface area contributed by atoms with Crippen molar-refractivity contribution in [1.29, 1.82) is 0 Å². The van der Waals surface area contributed by atoms with E-state index < -0.39 is 22.0 Å². The van der Waals surface area contributed by atoms with E-state index in [1.165, 1.54) is 82.0 Å².